The molecule has 2 atom stereocenters. The maximum Gasteiger partial charge on any atom is 0.306 e. The summed E-state index contributed by atoms with van der Waals surface area (Å²) in [6.45, 7) is 4.04. The maximum atomic E-state index is 12.7. The van der Waals surface area contributed by atoms with E-state index in [4.69, 9.17) is 18.5 Å². The average Bonchev–Trinajstić information content (AvgIpc) is 3.24. The van der Waals surface area contributed by atoms with Gasteiger partial charge in [0, 0.05) is 12.8 Å². The Kier molecular flexibility index (Phi) is 42.8. The predicted octanol–water partition coefficient (Wildman–Crippen LogP) is 14.3. The van der Waals surface area contributed by atoms with Gasteiger partial charge >= 0.3 is 11.9 Å². The lowest BCUT2D eigenvalue weighted by Gasteiger charge is -2.28. The number of allylic oxidation sites excluding steroid dienone is 12. The fourth-order valence-corrected chi connectivity index (χ4v) is 7.35. The van der Waals surface area contributed by atoms with Crippen molar-refractivity contribution in [2.45, 2.75) is 206 Å². The Morgan fingerprint density at radius 1 is 0.508 bits per heavy atom. The number of esters is 2. The molecule has 0 aliphatic rings. The second kappa shape index (κ2) is 44.6. The summed E-state index contributed by atoms with van der Waals surface area (Å²) >= 11 is 0. The van der Waals surface area contributed by atoms with E-state index in [-0.39, 0.29) is 26.1 Å². The van der Waals surface area contributed by atoms with Crippen LogP contribution in [0.2, 0.25) is 0 Å². The van der Waals surface area contributed by atoms with Gasteiger partial charge in [0.25, 0.3) is 7.82 Å². The van der Waals surface area contributed by atoms with Crippen molar-refractivity contribution in [1.29, 1.82) is 0 Å². The average molecular weight is 904 g/mol. The van der Waals surface area contributed by atoms with E-state index in [9.17, 15) is 19.0 Å². The van der Waals surface area contributed by atoms with Crippen LogP contribution in [0.15, 0.2) is 72.9 Å². The predicted molar refractivity (Wildman–Crippen MR) is 263 cm³/mol. The summed E-state index contributed by atoms with van der Waals surface area (Å²) in [4.78, 5) is 37.7. The lowest BCUT2D eigenvalue weighted by atomic mass is 10.0. The van der Waals surface area contributed by atoms with Crippen molar-refractivity contribution in [3.05, 3.63) is 72.9 Å². The minimum atomic E-state index is -4.65. The van der Waals surface area contributed by atoms with E-state index in [1.54, 1.807) is 0 Å². The number of nitrogens with zero attached hydrogens (tertiary/aromatic N) is 1. The number of likely N-dealkylation sites (N-methyl/N-ethyl adjacent to an activating group) is 1. The number of ether oxygens (including phenoxy) is 2. The first-order valence-corrected chi connectivity index (χ1v) is 26.6. The first-order valence-electron chi connectivity index (χ1n) is 25.1. The molecule has 0 aliphatic heterocycles. The van der Waals surface area contributed by atoms with Crippen LogP contribution >= 0.6 is 7.82 Å². The molecule has 0 aromatic heterocycles. The molecule has 0 rings (SSSR count). The zero-order valence-electron chi connectivity index (χ0n) is 41.0. The lowest BCUT2D eigenvalue weighted by Crippen LogP contribution is -2.37. The van der Waals surface area contributed by atoms with Crippen LogP contribution < -0.4 is 4.89 Å². The van der Waals surface area contributed by atoms with E-state index in [1.165, 1.54) is 109 Å². The van der Waals surface area contributed by atoms with E-state index in [0.29, 0.717) is 17.4 Å². The maximum absolute atomic E-state index is 12.7. The molecule has 0 N–H and O–H groups in total. The smallest absolute Gasteiger partial charge is 0.306 e. The van der Waals surface area contributed by atoms with Gasteiger partial charge in [-0.3, -0.25) is 14.2 Å². The van der Waals surface area contributed by atoms with E-state index in [2.05, 4.69) is 74.6 Å². The molecule has 10 heteroatoms. The minimum Gasteiger partial charge on any atom is -0.756 e. The lowest BCUT2D eigenvalue weighted by molar-refractivity contribution is -0.870. The third kappa shape index (κ3) is 48.7. The Morgan fingerprint density at radius 3 is 1.32 bits per heavy atom. The molecule has 0 heterocycles. The highest BCUT2D eigenvalue weighted by molar-refractivity contribution is 7.45. The molecule has 0 aromatic carbocycles. The standard InChI is InChI=1S/C53H94NO8P/c1-6-8-10-12-14-16-18-20-22-24-26-28-29-31-33-35-37-39-41-43-45-52(55)59-49-51(50-61-63(57,58)60-48-47-54(3,4)5)62-53(56)46-44-42-40-38-36-34-32-30-27-25-23-21-19-17-15-13-11-9-7-2/h9,11,15,17,21,23,27,30,34,36,40,42,51H,6-8,10,12-14,16,18-20,22,24-26,28-29,31-33,35,37-39,41,43-50H2,1-5H3/b11-9+,17-15+,23-21+,30-27+,36-34+,42-40+/t51-/m1/s1. The summed E-state index contributed by atoms with van der Waals surface area (Å²) in [5, 5.41) is 0. The van der Waals surface area contributed by atoms with Crippen LogP contribution in [0.25, 0.3) is 0 Å². The Hall–Kier alpha value is -2.55. The fraction of sp³-hybridized carbons (Fsp3) is 0.736. The van der Waals surface area contributed by atoms with Crippen molar-refractivity contribution in [1.82, 2.24) is 0 Å². The Morgan fingerprint density at radius 2 is 0.905 bits per heavy atom. The number of quaternary nitrogens is 1. The van der Waals surface area contributed by atoms with E-state index in [0.717, 1.165) is 57.8 Å². The zero-order valence-corrected chi connectivity index (χ0v) is 41.9. The molecule has 0 bridgehead atoms. The summed E-state index contributed by atoms with van der Waals surface area (Å²) < 4.78 is 33.9. The van der Waals surface area contributed by atoms with Crippen molar-refractivity contribution >= 4 is 19.8 Å². The molecule has 63 heavy (non-hydrogen) atoms. The van der Waals surface area contributed by atoms with Gasteiger partial charge in [0.05, 0.1) is 27.7 Å². The van der Waals surface area contributed by atoms with Gasteiger partial charge < -0.3 is 27.9 Å². The van der Waals surface area contributed by atoms with Crippen molar-refractivity contribution in [2.75, 3.05) is 47.5 Å². The third-order valence-electron chi connectivity index (χ3n) is 10.5. The number of unbranched alkanes of at least 4 members (excludes halogenated alkanes) is 19. The summed E-state index contributed by atoms with van der Waals surface area (Å²) in [7, 11) is 1.12. The molecule has 0 radical (unpaired) electrons. The van der Waals surface area contributed by atoms with Crippen LogP contribution in [0.1, 0.15) is 200 Å². The van der Waals surface area contributed by atoms with E-state index in [1.807, 2.05) is 33.3 Å². The molecule has 364 valence electrons. The van der Waals surface area contributed by atoms with Crippen LogP contribution in [0, 0.1) is 0 Å². The Balaban J connectivity index is 4.37. The highest BCUT2D eigenvalue weighted by atomic mass is 31.2. The Bertz CT molecular complexity index is 1300. The van der Waals surface area contributed by atoms with E-state index >= 15 is 0 Å². The van der Waals surface area contributed by atoms with Crippen molar-refractivity contribution in [3.8, 4) is 0 Å². The largest absolute Gasteiger partial charge is 0.756 e. The van der Waals surface area contributed by atoms with Gasteiger partial charge in [-0.15, -0.1) is 0 Å². The molecular weight excluding hydrogens is 810 g/mol. The first-order chi connectivity index (χ1) is 30.5. The molecule has 0 aliphatic carbocycles. The number of rotatable bonds is 45. The number of hydrogen-bond donors (Lipinski definition) is 0. The number of carbonyl (C=O) groups excluding carboxylic acids is 2. The third-order valence-corrected chi connectivity index (χ3v) is 11.5. The fourth-order valence-electron chi connectivity index (χ4n) is 6.62. The SMILES string of the molecule is CC/C=C/C/C=C/C/C=C/C/C=C/C/C=C/C/C=C/CCC(=O)O[C@H](COC(=O)CCCCCCCCCCCCCCCCCCCCCC)COP(=O)([O-])OCC[N+](C)(C)C. The first kappa shape index (κ1) is 60.5. The van der Waals surface area contributed by atoms with Gasteiger partial charge in [0.1, 0.15) is 19.8 Å². The molecule has 0 saturated carbocycles. The zero-order chi connectivity index (χ0) is 46.4. The van der Waals surface area contributed by atoms with E-state index < -0.39 is 32.5 Å². The van der Waals surface area contributed by atoms with Gasteiger partial charge in [-0.25, -0.2) is 0 Å². The summed E-state index contributed by atoms with van der Waals surface area (Å²) in [5.41, 5.74) is 0. The molecule has 0 saturated heterocycles. The topological polar surface area (TPSA) is 111 Å². The summed E-state index contributed by atoms with van der Waals surface area (Å²) in [5.74, 6) is -0.930. The number of phosphoric ester groups is 1. The quantitative estimate of drug-likeness (QED) is 0.0195. The molecule has 0 spiro atoms. The van der Waals surface area contributed by atoms with Crippen LogP contribution in [0.4, 0.5) is 0 Å². The molecule has 0 aromatic rings. The molecular formula is C53H94NO8P. The normalized spacial score (nSPS) is 14.1. The number of carbonyl (C=O) groups is 2. The van der Waals surface area contributed by atoms with Crippen LogP contribution in [0.5, 0.6) is 0 Å². The van der Waals surface area contributed by atoms with Crippen molar-refractivity contribution < 1.29 is 42.1 Å². The molecule has 0 amide bonds. The van der Waals surface area contributed by atoms with Crippen molar-refractivity contribution in [3.63, 3.8) is 0 Å². The van der Waals surface area contributed by atoms with Crippen LogP contribution in [-0.2, 0) is 32.7 Å². The van der Waals surface area contributed by atoms with Gasteiger partial charge in [-0.2, -0.15) is 0 Å². The van der Waals surface area contributed by atoms with Crippen LogP contribution in [-0.4, -0.2) is 70.0 Å². The minimum absolute atomic E-state index is 0.0465. The van der Waals surface area contributed by atoms with Gasteiger partial charge in [-0.05, 0) is 51.4 Å². The molecule has 0 fully saturated rings. The summed E-state index contributed by atoms with van der Waals surface area (Å²) in [6, 6.07) is 0. The van der Waals surface area contributed by atoms with Crippen LogP contribution in [0.3, 0.4) is 0 Å². The van der Waals surface area contributed by atoms with Gasteiger partial charge in [0.2, 0.25) is 0 Å². The van der Waals surface area contributed by atoms with Gasteiger partial charge in [-0.1, -0.05) is 209 Å². The number of phosphoric acid groups is 1. The second-order valence-corrected chi connectivity index (χ2v) is 19.2. The highest BCUT2D eigenvalue weighted by Gasteiger charge is 2.21. The van der Waals surface area contributed by atoms with Crippen molar-refractivity contribution in [2.24, 2.45) is 0 Å². The highest BCUT2D eigenvalue weighted by Crippen LogP contribution is 2.38. The Labute approximate surface area is 387 Å². The summed E-state index contributed by atoms with van der Waals surface area (Å²) in [6.07, 6.45) is 56.7. The molecule has 9 nitrogen and oxygen atoms in total. The second-order valence-electron chi connectivity index (χ2n) is 17.8. The molecule has 1 unspecified atom stereocenters. The monoisotopic (exact) mass is 904 g/mol. The van der Waals surface area contributed by atoms with Gasteiger partial charge in [0.15, 0.2) is 6.10 Å². The number of hydrogen-bond acceptors (Lipinski definition) is 8.